The second-order valence-electron chi connectivity index (χ2n) is 4.42. The summed E-state index contributed by atoms with van der Waals surface area (Å²) in [5, 5.41) is 6.48. The molecule has 0 bridgehead atoms. The zero-order valence-corrected chi connectivity index (χ0v) is 10.9. The van der Waals surface area contributed by atoms with E-state index in [9.17, 15) is 13.2 Å². The lowest BCUT2D eigenvalue weighted by molar-refractivity contribution is -0.144. The molecule has 0 fully saturated rings. The van der Waals surface area contributed by atoms with Crippen LogP contribution in [0.15, 0.2) is 36.4 Å². The number of para-hydroxylation sites is 1. The molecule has 0 unspecified atom stereocenters. The van der Waals surface area contributed by atoms with Crippen LogP contribution in [0.25, 0.3) is 5.78 Å². The van der Waals surface area contributed by atoms with Gasteiger partial charge in [-0.25, -0.2) is 4.98 Å². The summed E-state index contributed by atoms with van der Waals surface area (Å²) in [6, 6.07) is 10.7. The van der Waals surface area contributed by atoms with Gasteiger partial charge in [-0.1, -0.05) is 18.2 Å². The van der Waals surface area contributed by atoms with Crippen LogP contribution in [0.3, 0.4) is 0 Å². The Kier molecular flexibility index (Phi) is 3.00. The van der Waals surface area contributed by atoms with Gasteiger partial charge >= 0.3 is 6.18 Å². The molecule has 3 rings (SSSR count). The second-order valence-corrected chi connectivity index (χ2v) is 4.42. The number of aromatic nitrogens is 4. The minimum absolute atomic E-state index is 0.0965. The first-order valence-electron chi connectivity index (χ1n) is 6.07. The van der Waals surface area contributed by atoms with Crippen LogP contribution < -0.4 is 5.32 Å². The van der Waals surface area contributed by atoms with Gasteiger partial charge in [-0.15, -0.1) is 5.10 Å². The maximum absolute atomic E-state index is 12.7. The fraction of sp³-hybridized carbons (Fsp3) is 0.154. The van der Waals surface area contributed by atoms with Gasteiger partial charge in [0.1, 0.15) is 5.82 Å². The third-order valence-electron chi connectivity index (χ3n) is 2.74. The van der Waals surface area contributed by atoms with Crippen molar-refractivity contribution in [3.8, 4) is 0 Å². The summed E-state index contributed by atoms with van der Waals surface area (Å²) in [7, 11) is 0. The largest absolute Gasteiger partial charge is 0.453 e. The Hall–Kier alpha value is -2.64. The van der Waals surface area contributed by atoms with Crippen LogP contribution in [0.2, 0.25) is 0 Å². The Balaban J connectivity index is 2.11. The molecular formula is C13H10F3N5. The Labute approximate surface area is 117 Å². The monoisotopic (exact) mass is 293 g/mol. The summed E-state index contributed by atoms with van der Waals surface area (Å²) >= 11 is 0. The zero-order chi connectivity index (χ0) is 15.0. The van der Waals surface area contributed by atoms with Crippen LogP contribution in [0.4, 0.5) is 24.7 Å². The molecule has 2 heterocycles. The normalized spacial score (nSPS) is 11.8. The van der Waals surface area contributed by atoms with Crippen LogP contribution in [0.5, 0.6) is 0 Å². The molecule has 0 aliphatic rings. The molecule has 108 valence electrons. The SMILES string of the molecule is Cc1cc(Nc2ccccc2)n2nc(C(F)(F)F)nc2n1. The molecule has 1 N–H and O–H groups in total. The van der Waals surface area contributed by atoms with Gasteiger partial charge < -0.3 is 5.32 Å². The number of nitrogens with one attached hydrogen (secondary N) is 1. The molecule has 0 aliphatic heterocycles. The molecule has 0 atom stereocenters. The Bertz CT molecular complexity index is 780. The molecule has 8 heteroatoms. The maximum atomic E-state index is 12.7. The lowest BCUT2D eigenvalue weighted by Gasteiger charge is -2.08. The van der Waals surface area contributed by atoms with Crippen LogP contribution in [-0.4, -0.2) is 19.6 Å². The number of nitrogens with zero attached hydrogens (tertiary/aromatic N) is 4. The van der Waals surface area contributed by atoms with Crippen molar-refractivity contribution in [2.24, 2.45) is 0 Å². The van der Waals surface area contributed by atoms with Gasteiger partial charge in [-0.05, 0) is 19.1 Å². The van der Waals surface area contributed by atoms with E-state index < -0.39 is 12.0 Å². The van der Waals surface area contributed by atoms with Gasteiger partial charge in [0.2, 0.25) is 0 Å². The molecule has 0 spiro atoms. The third-order valence-corrected chi connectivity index (χ3v) is 2.74. The van der Waals surface area contributed by atoms with E-state index in [4.69, 9.17) is 0 Å². The number of anilines is 2. The molecular weight excluding hydrogens is 283 g/mol. The van der Waals surface area contributed by atoms with Crippen molar-refractivity contribution in [2.75, 3.05) is 5.32 Å². The van der Waals surface area contributed by atoms with Gasteiger partial charge in [0.15, 0.2) is 0 Å². The molecule has 1 aromatic carbocycles. The van der Waals surface area contributed by atoms with E-state index >= 15 is 0 Å². The fourth-order valence-electron chi connectivity index (χ4n) is 1.87. The van der Waals surface area contributed by atoms with Gasteiger partial charge in [-0.2, -0.15) is 22.7 Å². The number of fused-ring (bicyclic) bond motifs is 1. The molecule has 0 radical (unpaired) electrons. The quantitative estimate of drug-likeness (QED) is 0.788. The van der Waals surface area contributed by atoms with Crippen molar-refractivity contribution in [1.29, 1.82) is 0 Å². The summed E-state index contributed by atoms with van der Waals surface area (Å²) in [6.45, 7) is 1.68. The predicted octanol–water partition coefficient (Wildman–Crippen LogP) is 3.20. The highest BCUT2D eigenvalue weighted by atomic mass is 19.4. The Morgan fingerprint density at radius 2 is 1.81 bits per heavy atom. The highest BCUT2D eigenvalue weighted by Crippen LogP contribution is 2.27. The third kappa shape index (κ3) is 2.64. The van der Waals surface area contributed by atoms with Crippen molar-refractivity contribution >= 4 is 17.3 Å². The van der Waals surface area contributed by atoms with E-state index in [-0.39, 0.29) is 5.78 Å². The first kappa shape index (κ1) is 13.3. The summed E-state index contributed by atoms with van der Waals surface area (Å²) in [5.41, 5.74) is 1.27. The zero-order valence-electron chi connectivity index (χ0n) is 10.9. The summed E-state index contributed by atoms with van der Waals surface area (Å²) < 4.78 is 39.1. The molecule has 21 heavy (non-hydrogen) atoms. The number of alkyl halides is 3. The molecule has 0 saturated heterocycles. The van der Waals surface area contributed by atoms with Crippen LogP contribution in [-0.2, 0) is 6.18 Å². The smallest absolute Gasteiger partial charge is 0.340 e. The fourth-order valence-corrected chi connectivity index (χ4v) is 1.87. The van der Waals surface area contributed by atoms with Gasteiger partial charge in [0.25, 0.3) is 11.6 Å². The summed E-state index contributed by atoms with van der Waals surface area (Å²) in [6.07, 6.45) is -4.61. The van der Waals surface area contributed by atoms with Crippen LogP contribution in [0, 0.1) is 6.92 Å². The Morgan fingerprint density at radius 3 is 2.48 bits per heavy atom. The number of hydrogen-bond donors (Lipinski definition) is 1. The lowest BCUT2D eigenvalue weighted by atomic mass is 10.3. The second kappa shape index (κ2) is 4.72. The van der Waals surface area contributed by atoms with E-state index in [1.54, 1.807) is 25.1 Å². The summed E-state index contributed by atoms with van der Waals surface area (Å²) in [5.74, 6) is -0.941. The van der Waals surface area contributed by atoms with Crippen molar-refractivity contribution in [3.05, 3.63) is 47.9 Å². The molecule has 0 aliphatic carbocycles. The van der Waals surface area contributed by atoms with Gasteiger partial charge in [0.05, 0.1) is 0 Å². The van der Waals surface area contributed by atoms with Gasteiger partial charge in [-0.3, -0.25) is 0 Å². The average Bonchev–Trinajstić information content (AvgIpc) is 2.84. The number of aryl methyl sites for hydroxylation is 1. The molecule has 2 aromatic heterocycles. The average molecular weight is 293 g/mol. The van der Waals surface area contributed by atoms with E-state index in [0.717, 1.165) is 10.2 Å². The van der Waals surface area contributed by atoms with E-state index in [1.807, 2.05) is 18.2 Å². The highest BCUT2D eigenvalue weighted by Gasteiger charge is 2.36. The standard InChI is InChI=1S/C13H10F3N5/c1-8-7-10(18-9-5-3-2-4-6-9)21-12(17-8)19-11(20-21)13(14,15)16/h2-7,18H,1H3. The van der Waals surface area contributed by atoms with Crippen molar-refractivity contribution in [1.82, 2.24) is 19.6 Å². The molecule has 5 nitrogen and oxygen atoms in total. The van der Waals surface area contributed by atoms with E-state index in [1.165, 1.54) is 0 Å². The van der Waals surface area contributed by atoms with Crippen LogP contribution >= 0.6 is 0 Å². The minimum atomic E-state index is -4.61. The number of rotatable bonds is 2. The Morgan fingerprint density at radius 1 is 1.10 bits per heavy atom. The molecule has 0 amide bonds. The lowest BCUT2D eigenvalue weighted by Crippen LogP contribution is -2.08. The number of benzene rings is 1. The van der Waals surface area contributed by atoms with Crippen LogP contribution in [0.1, 0.15) is 11.5 Å². The predicted molar refractivity (Wildman–Crippen MR) is 70.2 cm³/mol. The van der Waals surface area contributed by atoms with Gasteiger partial charge in [0, 0.05) is 17.4 Å². The van der Waals surface area contributed by atoms with E-state index in [2.05, 4.69) is 20.4 Å². The van der Waals surface area contributed by atoms with E-state index in [0.29, 0.717) is 11.5 Å². The number of hydrogen-bond acceptors (Lipinski definition) is 4. The topological polar surface area (TPSA) is 55.1 Å². The molecule has 0 saturated carbocycles. The first-order chi connectivity index (χ1) is 9.93. The maximum Gasteiger partial charge on any atom is 0.453 e. The number of halogens is 3. The highest BCUT2D eigenvalue weighted by molar-refractivity contribution is 5.58. The van der Waals surface area contributed by atoms with Crippen molar-refractivity contribution < 1.29 is 13.2 Å². The minimum Gasteiger partial charge on any atom is -0.340 e. The molecule has 3 aromatic rings. The summed E-state index contributed by atoms with van der Waals surface area (Å²) in [4.78, 5) is 7.38. The first-order valence-corrected chi connectivity index (χ1v) is 6.07. The van der Waals surface area contributed by atoms with Crippen molar-refractivity contribution in [3.63, 3.8) is 0 Å². The van der Waals surface area contributed by atoms with Crippen molar-refractivity contribution in [2.45, 2.75) is 13.1 Å².